The molecule has 42 heavy (non-hydrogen) atoms. The Kier molecular flexibility index (Phi) is 11.2. The molecule has 224 valence electrons. The van der Waals surface area contributed by atoms with Gasteiger partial charge in [0.05, 0.1) is 17.0 Å². The summed E-state index contributed by atoms with van der Waals surface area (Å²) in [4.78, 5) is 29.6. The third kappa shape index (κ3) is 8.40. The van der Waals surface area contributed by atoms with Crippen molar-refractivity contribution in [1.82, 2.24) is 10.2 Å². The van der Waals surface area contributed by atoms with E-state index in [1.54, 1.807) is 36.4 Å². The molecule has 0 bridgehead atoms. The second-order valence-electron chi connectivity index (χ2n) is 10.5. The number of halogens is 3. The van der Waals surface area contributed by atoms with E-state index < -0.39 is 28.5 Å². The molecular weight excluding hydrogens is 617 g/mol. The summed E-state index contributed by atoms with van der Waals surface area (Å²) in [7, 11) is -3.94. The number of benzene rings is 3. The predicted molar refractivity (Wildman–Crippen MR) is 170 cm³/mol. The molecule has 0 unspecified atom stereocenters. The van der Waals surface area contributed by atoms with Gasteiger partial charge in [-0.1, -0.05) is 103 Å². The Balaban J connectivity index is 1.76. The number of para-hydroxylation sites is 1. The predicted octanol–water partition coefficient (Wildman–Crippen LogP) is 6.50. The lowest BCUT2D eigenvalue weighted by molar-refractivity contribution is -0.140. The van der Waals surface area contributed by atoms with Gasteiger partial charge < -0.3 is 10.2 Å². The van der Waals surface area contributed by atoms with Crippen molar-refractivity contribution in [1.29, 1.82) is 0 Å². The van der Waals surface area contributed by atoms with Crippen molar-refractivity contribution in [3.8, 4) is 0 Å². The van der Waals surface area contributed by atoms with E-state index in [1.165, 1.54) is 11.0 Å². The van der Waals surface area contributed by atoms with Crippen molar-refractivity contribution < 1.29 is 18.0 Å². The van der Waals surface area contributed by atoms with Gasteiger partial charge in [0.1, 0.15) is 12.6 Å². The second kappa shape index (κ2) is 14.6. The number of nitrogens with zero attached hydrogens (tertiary/aromatic N) is 2. The molecule has 1 N–H and O–H groups in total. The van der Waals surface area contributed by atoms with E-state index >= 15 is 0 Å². The molecule has 1 fully saturated rings. The monoisotopic (exact) mass is 649 g/mol. The van der Waals surface area contributed by atoms with Gasteiger partial charge in [-0.25, -0.2) is 8.42 Å². The van der Waals surface area contributed by atoms with Gasteiger partial charge in [-0.2, -0.15) is 0 Å². The first-order chi connectivity index (χ1) is 20.0. The van der Waals surface area contributed by atoms with Gasteiger partial charge in [-0.05, 0) is 42.7 Å². The Bertz CT molecular complexity index is 1480. The van der Waals surface area contributed by atoms with Crippen LogP contribution < -0.4 is 9.62 Å². The highest BCUT2D eigenvalue weighted by Gasteiger charge is 2.35. The minimum Gasteiger partial charge on any atom is -0.352 e. The molecule has 7 nitrogen and oxygen atoms in total. The average Bonchev–Trinajstić information content (AvgIpc) is 2.96. The molecule has 0 radical (unpaired) electrons. The number of amides is 2. The molecule has 1 saturated carbocycles. The summed E-state index contributed by atoms with van der Waals surface area (Å²) in [5, 5.41) is 4.00. The molecule has 0 spiro atoms. The van der Waals surface area contributed by atoms with Gasteiger partial charge in [0.15, 0.2) is 0 Å². The highest BCUT2D eigenvalue weighted by atomic mass is 35.5. The third-order valence-corrected chi connectivity index (χ3v) is 9.57. The zero-order valence-corrected chi connectivity index (χ0v) is 26.4. The van der Waals surface area contributed by atoms with Crippen LogP contribution in [0.2, 0.25) is 15.1 Å². The molecule has 3 aromatic carbocycles. The summed E-state index contributed by atoms with van der Waals surface area (Å²) in [6, 6.07) is 19.8. The first kappa shape index (κ1) is 32.1. The van der Waals surface area contributed by atoms with Gasteiger partial charge in [-0.15, -0.1) is 0 Å². The Hall–Kier alpha value is -2.78. The summed E-state index contributed by atoms with van der Waals surface area (Å²) in [6.07, 6.45) is 6.11. The van der Waals surface area contributed by atoms with Crippen LogP contribution >= 0.6 is 34.8 Å². The van der Waals surface area contributed by atoms with E-state index in [9.17, 15) is 18.0 Å². The number of anilines is 1. The molecule has 0 aliphatic heterocycles. The Morgan fingerprint density at radius 3 is 2.07 bits per heavy atom. The Morgan fingerprint density at radius 1 is 0.857 bits per heavy atom. The lowest BCUT2D eigenvalue weighted by Crippen LogP contribution is -2.55. The van der Waals surface area contributed by atoms with E-state index in [4.69, 9.17) is 34.8 Å². The molecule has 0 saturated heterocycles. The maximum Gasteiger partial charge on any atom is 0.244 e. The van der Waals surface area contributed by atoms with Crippen LogP contribution in [-0.2, 0) is 32.6 Å². The molecule has 3 aromatic rings. The van der Waals surface area contributed by atoms with Crippen molar-refractivity contribution in [2.75, 3.05) is 17.1 Å². The van der Waals surface area contributed by atoms with Crippen molar-refractivity contribution in [2.45, 2.75) is 57.2 Å². The van der Waals surface area contributed by atoms with Crippen LogP contribution in [0.4, 0.5) is 5.69 Å². The van der Waals surface area contributed by atoms with Crippen LogP contribution in [0.1, 0.15) is 43.2 Å². The maximum atomic E-state index is 14.3. The lowest BCUT2D eigenvalue weighted by Gasteiger charge is -2.35. The number of rotatable bonds is 11. The number of hydrogen-bond donors (Lipinski definition) is 1. The van der Waals surface area contributed by atoms with Crippen LogP contribution in [0.25, 0.3) is 0 Å². The first-order valence-electron chi connectivity index (χ1n) is 13.8. The zero-order valence-electron chi connectivity index (χ0n) is 23.3. The van der Waals surface area contributed by atoms with E-state index in [0.717, 1.165) is 48.2 Å². The number of carbonyl (C=O) groups excluding carboxylic acids is 2. The van der Waals surface area contributed by atoms with E-state index in [-0.39, 0.29) is 35.6 Å². The molecule has 1 atom stereocenters. The van der Waals surface area contributed by atoms with Crippen LogP contribution in [0.3, 0.4) is 0 Å². The molecule has 0 aromatic heterocycles. The van der Waals surface area contributed by atoms with Crippen LogP contribution in [-0.4, -0.2) is 50.0 Å². The van der Waals surface area contributed by atoms with Crippen LogP contribution in [0.15, 0.2) is 72.8 Å². The molecular formula is C31H34Cl3N3O4S. The molecule has 1 aliphatic rings. The smallest absolute Gasteiger partial charge is 0.244 e. The van der Waals surface area contributed by atoms with Gasteiger partial charge in [-0.3, -0.25) is 13.9 Å². The fourth-order valence-electron chi connectivity index (χ4n) is 5.20. The van der Waals surface area contributed by atoms with Crippen molar-refractivity contribution in [2.24, 2.45) is 0 Å². The highest BCUT2D eigenvalue weighted by molar-refractivity contribution is 7.92. The van der Waals surface area contributed by atoms with Gasteiger partial charge in [0.2, 0.25) is 21.8 Å². The van der Waals surface area contributed by atoms with Gasteiger partial charge in [0.25, 0.3) is 0 Å². The molecule has 2 amide bonds. The Labute approximate surface area is 262 Å². The largest absolute Gasteiger partial charge is 0.352 e. The maximum absolute atomic E-state index is 14.3. The molecule has 0 heterocycles. The standard InChI is InChI=1S/C31H34Cl3N3O4S/c1-42(40,41)37(28-18-9-8-15-27(28)34)21-30(38)36(20-24-25(32)16-10-17-26(24)33)29(19-22-11-4-2-5-12-22)31(39)35-23-13-6-3-7-14-23/h2,4-5,8-12,15-18,23,29H,3,6-7,13-14,19-21H2,1H3,(H,35,39)/t29-/m1/s1. The first-order valence-corrected chi connectivity index (χ1v) is 16.8. The lowest BCUT2D eigenvalue weighted by atomic mass is 9.94. The summed E-state index contributed by atoms with van der Waals surface area (Å²) >= 11 is 19.4. The Morgan fingerprint density at radius 2 is 1.45 bits per heavy atom. The minimum atomic E-state index is -3.94. The van der Waals surface area contributed by atoms with E-state index in [2.05, 4.69) is 5.32 Å². The molecule has 4 rings (SSSR count). The second-order valence-corrected chi connectivity index (χ2v) is 13.6. The van der Waals surface area contributed by atoms with E-state index in [0.29, 0.717) is 15.6 Å². The zero-order chi connectivity index (χ0) is 30.3. The molecule has 11 heteroatoms. The van der Waals surface area contributed by atoms with Crippen molar-refractivity contribution >= 4 is 62.3 Å². The fraction of sp³-hybridized carbons (Fsp3) is 0.355. The third-order valence-electron chi connectivity index (χ3n) is 7.41. The highest BCUT2D eigenvalue weighted by Crippen LogP contribution is 2.30. The van der Waals surface area contributed by atoms with Gasteiger partial charge >= 0.3 is 0 Å². The fourth-order valence-corrected chi connectivity index (χ4v) is 6.87. The quantitative estimate of drug-likeness (QED) is 0.257. The van der Waals surface area contributed by atoms with Crippen LogP contribution in [0, 0.1) is 0 Å². The topological polar surface area (TPSA) is 86.8 Å². The van der Waals surface area contributed by atoms with E-state index in [1.807, 2.05) is 30.3 Å². The van der Waals surface area contributed by atoms with Crippen LogP contribution in [0.5, 0.6) is 0 Å². The summed E-state index contributed by atoms with van der Waals surface area (Å²) < 4.78 is 26.8. The van der Waals surface area contributed by atoms with Crippen molar-refractivity contribution in [3.63, 3.8) is 0 Å². The summed E-state index contributed by atoms with van der Waals surface area (Å²) in [5.41, 5.74) is 1.47. The normalized spacial score (nSPS) is 14.7. The minimum absolute atomic E-state index is 0.000944. The van der Waals surface area contributed by atoms with Crippen molar-refractivity contribution in [3.05, 3.63) is 99.0 Å². The number of nitrogens with one attached hydrogen (secondary N) is 1. The molecule has 1 aliphatic carbocycles. The number of hydrogen-bond acceptors (Lipinski definition) is 4. The average molecular weight is 651 g/mol. The summed E-state index contributed by atoms with van der Waals surface area (Å²) in [5.74, 6) is -0.915. The number of sulfonamides is 1. The summed E-state index contributed by atoms with van der Waals surface area (Å²) in [6.45, 7) is -0.681. The number of carbonyl (C=O) groups is 2. The van der Waals surface area contributed by atoms with Gasteiger partial charge in [0, 0.05) is 34.6 Å². The SMILES string of the molecule is CS(=O)(=O)N(CC(=O)N(Cc1c(Cl)cccc1Cl)[C@H](Cc1ccccc1)C(=O)NC1CCCCC1)c1ccccc1Cl.